The minimum atomic E-state index is -0.409. The zero-order valence-corrected chi connectivity index (χ0v) is 11.7. The Labute approximate surface area is 105 Å². The van der Waals surface area contributed by atoms with E-state index in [-0.39, 0.29) is 6.09 Å². The van der Waals surface area contributed by atoms with Gasteiger partial charge in [0, 0.05) is 25.7 Å². The van der Waals surface area contributed by atoms with Gasteiger partial charge in [0.15, 0.2) is 0 Å². The maximum Gasteiger partial charge on any atom is 0.410 e. The first-order valence-corrected chi connectivity index (χ1v) is 6.54. The molecule has 0 aliphatic carbocycles. The number of hydrogen-bond acceptors (Lipinski definition) is 3. The topological polar surface area (TPSA) is 41.6 Å². The van der Waals surface area contributed by atoms with Gasteiger partial charge in [0.2, 0.25) is 0 Å². The first kappa shape index (κ1) is 14.3. The summed E-state index contributed by atoms with van der Waals surface area (Å²) in [6.07, 6.45) is 0.937. The lowest BCUT2D eigenvalue weighted by molar-refractivity contribution is 0.0175. The SMILES string of the molecule is CCC(C)C1CN(C(=O)OC(C)(C)C)CCN1. The van der Waals surface area contributed by atoms with Crippen molar-refractivity contribution in [3.63, 3.8) is 0 Å². The molecule has 1 aliphatic heterocycles. The molecular formula is C13H26N2O2. The third kappa shape index (κ3) is 4.54. The summed E-state index contributed by atoms with van der Waals surface area (Å²) in [4.78, 5) is 13.8. The number of amides is 1. The van der Waals surface area contributed by atoms with Crippen molar-refractivity contribution in [2.75, 3.05) is 19.6 Å². The Morgan fingerprint density at radius 2 is 2.18 bits per heavy atom. The summed E-state index contributed by atoms with van der Waals surface area (Å²) in [6.45, 7) is 12.5. The first-order valence-electron chi connectivity index (χ1n) is 6.54. The van der Waals surface area contributed by atoms with Gasteiger partial charge in [-0.2, -0.15) is 0 Å². The molecule has 0 bridgehead atoms. The summed E-state index contributed by atoms with van der Waals surface area (Å²) in [7, 11) is 0. The molecule has 1 rings (SSSR count). The number of rotatable bonds is 2. The lowest BCUT2D eigenvalue weighted by atomic mass is 9.97. The Balaban J connectivity index is 2.52. The lowest BCUT2D eigenvalue weighted by Crippen LogP contribution is -2.55. The fourth-order valence-electron chi connectivity index (χ4n) is 1.94. The van der Waals surface area contributed by atoms with Crippen LogP contribution >= 0.6 is 0 Å². The van der Waals surface area contributed by atoms with Crippen LogP contribution in [-0.4, -0.2) is 42.3 Å². The number of hydrogen-bond donors (Lipinski definition) is 1. The molecule has 0 radical (unpaired) electrons. The van der Waals surface area contributed by atoms with Gasteiger partial charge in [0.05, 0.1) is 0 Å². The predicted octanol–water partition coefficient (Wildman–Crippen LogP) is 2.24. The van der Waals surface area contributed by atoms with Crippen molar-refractivity contribution in [1.82, 2.24) is 10.2 Å². The average Bonchev–Trinajstić information content (AvgIpc) is 2.26. The van der Waals surface area contributed by atoms with Crippen molar-refractivity contribution < 1.29 is 9.53 Å². The van der Waals surface area contributed by atoms with Gasteiger partial charge < -0.3 is 15.0 Å². The van der Waals surface area contributed by atoms with E-state index in [1.807, 2.05) is 25.7 Å². The number of carbonyl (C=O) groups excluding carboxylic acids is 1. The maximum atomic E-state index is 11.9. The van der Waals surface area contributed by atoms with Crippen LogP contribution in [-0.2, 0) is 4.74 Å². The molecule has 1 saturated heterocycles. The van der Waals surface area contributed by atoms with Crippen LogP contribution in [0.3, 0.4) is 0 Å². The molecule has 4 heteroatoms. The Kier molecular flexibility index (Phi) is 4.80. The molecule has 0 aromatic heterocycles. The van der Waals surface area contributed by atoms with Crippen molar-refractivity contribution in [1.29, 1.82) is 0 Å². The summed E-state index contributed by atoms with van der Waals surface area (Å²) in [5, 5.41) is 3.47. The standard InChI is InChI=1S/C13H26N2O2/c1-6-10(2)11-9-15(8-7-14-11)12(16)17-13(3,4)5/h10-11,14H,6-9H2,1-5H3. The molecule has 0 saturated carbocycles. The molecule has 0 aromatic carbocycles. The van der Waals surface area contributed by atoms with Gasteiger partial charge in [-0.15, -0.1) is 0 Å². The molecule has 1 N–H and O–H groups in total. The Bertz CT molecular complexity index is 261. The molecule has 2 unspecified atom stereocenters. The number of ether oxygens (including phenoxy) is 1. The lowest BCUT2D eigenvalue weighted by Gasteiger charge is -2.37. The van der Waals surface area contributed by atoms with E-state index in [4.69, 9.17) is 4.74 Å². The monoisotopic (exact) mass is 242 g/mol. The number of carbonyl (C=O) groups is 1. The Morgan fingerprint density at radius 3 is 2.71 bits per heavy atom. The fourth-order valence-corrected chi connectivity index (χ4v) is 1.94. The number of nitrogens with zero attached hydrogens (tertiary/aromatic N) is 1. The van der Waals surface area contributed by atoms with Crippen LogP contribution in [0, 0.1) is 5.92 Å². The molecule has 1 fully saturated rings. The highest BCUT2D eigenvalue weighted by Crippen LogP contribution is 2.15. The van der Waals surface area contributed by atoms with Gasteiger partial charge in [0.1, 0.15) is 5.60 Å². The van der Waals surface area contributed by atoms with Crippen LogP contribution in [0.4, 0.5) is 4.79 Å². The number of piperazine rings is 1. The molecule has 1 amide bonds. The Morgan fingerprint density at radius 1 is 1.53 bits per heavy atom. The first-order chi connectivity index (χ1) is 7.83. The number of nitrogens with one attached hydrogen (secondary N) is 1. The molecule has 100 valence electrons. The predicted molar refractivity (Wildman–Crippen MR) is 69.1 cm³/mol. The van der Waals surface area contributed by atoms with Crippen molar-refractivity contribution in [3.8, 4) is 0 Å². The van der Waals surface area contributed by atoms with Crippen LogP contribution in [0.2, 0.25) is 0 Å². The van der Waals surface area contributed by atoms with E-state index in [2.05, 4.69) is 19.2 Å². The second-order valence-corrected chi connectivity index (χ2v) is 5.87. The van der Waals surface area contributed by atoms with Crippen LogP contribution in [0.5, 0.6) is 0 Å². The van der Waals surface area contributed by atoms with Crippen LogP contribution < -0.4 is 5.32 Å². The molecule has 4 nitrogen and oxygen atoms in total. The molecule has 0 aromatic rings. The van der Waals surface area contributed by atoms with E-state index in [9.17, 15) is 4.79 Å². The largest absolute Gasteiger partial charge is 0.444 e. The zero-order chi connectivity index (χ0) is 13.1. The quantitative estimate of drug-likeness (QED) is 0.807. The van der Waals surface area contributed by atoms with Gasteiger partial charge >= 0.3 is 6.09 Å². The normalized spacial score (nSPS) is 23.4. The smallest absolute Gasteiger partial charge is 0.410 e. The molecule has 2 atom stereocenters. The minimum absolute atomic E-state index is 0.188. The van der Waals surface area contributed by atoms with Crippen LogP contribution in [0.25, 0.3) is 0 Å². The van der Waals surface area contributed by atoms with Gasteiger partial charge in [-0.05, 0) is 26.7 Å². The van der Waals surface area contributed by atoms with E-state index in [1.165, 1.54) is 0 Å². The average molecular weight is 242 g/mol. The zero-order valence-electron chi connectivity index (χ0n) is 11.7. The van der Waals surface area contributed by atoms with Gasteiger partial charge in [-0.1, -0.05) is 20.3 Å². The summed E-state index contributed by atoms with van der Waals surface area (Å²) in [5.41, 5.74) is -0.409. The van der Waals surface area contributed by atoms with Crippen molar-refractivity contribution in [3.05, 3.63) is 0 Å². The van der Waals surface area contributed by atoms with Crippen molar-refractivity contribution in [2.24, 2.45) is 5.92 Å². The van der Waals surface area contributed by atoms with E-state index >= 15 is 0 Å². The van der Waals surface area contributed by atoms with Crippen molar-refractivity contribution >= 4 is 6.09 Å². The second kappa shape index (κ2) is 5.71. The van der Waals surface area contributed by atoms with Gasteiger partial charge in [-0.25, -0.2) is 4.79 Å². The molecular weight excluding hydrogens is 216 g/mol. The second-order valence-electron chi connectivity index (χ2n) is 5.87. The summed E-state index contributed by atoms with van der Waals surface area (Å²) < 4.78 is 5.40. The molecule has 1 aliphatic rings. The van der Waals surface area contributed by atoms with E-state index < -0.39 is 5.60 Å². The van der Waals surface area contributed by atoms with E-state index in [1.54, 1.807) is 0 Å². The highest BCUT2D eigenvalue weighted by Gasteiger charge is 2.29. The van der Waals surface area contributed by atoms with Gasteiger partial charge in [-0.3, -0.25) is 0 Å². The Hall–Kier alpha value is -0.770. The molecule has 1 heterocycles. The summed E-state index contributed by atoms with van der Waals surface area (Å²) in [6, 6.07) is 0.390. The van der Waals surface area contributed by atoms with E-state index in [0.717, 1.165) is 26.1 Å². The third-order valence-corrected chi connectivity index (χ3v) is 3.19. The maximum absolute atomic E-state index is 11.9. The van der Waals surface area contributed by atoms with Crippen molar-refractivity contribution in [2.45, 2.75) is 52.7 Å². The van der Waals surface area contributed by atoms with Gasteiger partial charge in [0.25, 0.3) is 0 Å². The molecule has 0 spiro atoms. The summed E-state index contributed by atoms with van der Waals surface area (Å²) >= 11 is 0. The molecule has 17 heavy (non-hydrogen) atoms. The van der Waals surface area contributed by atoms with Crippen LogP contribution in [0.1, 0.15) is 41.0 Å². The minimum Gasteiger partial charge on any atom is -0.444 e. The third-order valence-electron chi connectivity index (χ3n) is 3.19. The van der Waals surface area contributed by atoms with E-state index in [0.29, 0.717) is 12.0 Å². The highest BCUT2D eigenvalue weighted by molar-refractivity contribution is 5.68. The fraction of sp³-hybridized carbons (Fsp3) is 0.923. The highest BCUT2D eigenvalue weighted by atomic mass is 16.6. The van der Waals surface area contributed by atoms with Crippen LogP contribution in [0.15, 0.2) is 0 Å². The summed E-state index contributed by atoms with van der Waals surface area (Å²) in [5.74, 6) is 0.584.